The lowest BCUT2D eigenvalue weighted by atomic mass is 10.00. The highest BCUT2D eigenvalue weighted by molar-refractivity contribution is 6.12. The zero-order valence-corrected chi connectivity index (χ0v) is 12.3. The summed E-state index contributed by atoms with van der Waals surface area (Å²) in [5, 5.41) is 0. The van der Waals surface area contributed by atoms with Gasteiger partial charge in [-0.05, 0) is 12.1 Å². The maximum absolute atomic E-state index is 12.8. The van der Waals surface area contributed by atoms with Crippen LogP contribution in [0.5, 0.6) is 0 Å². The van der Waals surface area contributed by atoms with Crippen LogP contribution < -0.4 is 4.48 Å². The lowest BCUT2D eigenvalue weighted by Crippen LogP contribution is -2.53. The van der Waals surface area contributed by atoms with Gasteiger partial charge in [0.2, 0.25) is 0 Å². The summed E-state index contributed by atoms with van der Waals surface area (Å²) < 4.78 is 6.23. The molecule has 0 aromatic heterocycles. The average Bonchev–Trinajstić information content (AvgIpc) is 2.56. The number of rotatable bonds is 3. The number of para-hydroxylation sites is 1. The van der Waals surface area contributed by atoms with E-state index >= 15 is 0 Å². The Morgan fingerprint density at radius 3 is 2.29 bits per heavy atom. The van der Waals surface area contributed by atoms with Crippen molar-refractivity contribution in [2.75, 3.05) is 33.4 Å². The van der Waals surface area contributed by atoms with E-state index in [-0.39, 0.29) is 5.78 Å². The maximum atomic E-state index is 12.8. The van der Waals surface area contributed by atoms with E-state index in [9.17, 15) is 4.79 Å². The van der Waals surface area contributed by atoms with Crippen molar-refractivity contribution in [1.82, 2.24) is 4.48 Å². The van der Waals surface area contributed by atoms with Crippen molar-refractivity contribution in [3.63, 3.8) is 0 Å². The molecule has 1 heterocycles. The van der Waals surface area contributed by atoms with Gasteiger partial charge >= 0.3 is 0 Å². The predicted molar refractivity (Wildman–Crippen MR) is 84.6 cm³/mol. The standard InChI is InChI=1S/C18H20NO2/c1-19(11-13-21-14-12-19)17-10-6-5-9-16(17)18(20)15-7-3-2-4-8-15/h2-10H,11-14H2,1H3/q+1. The molecule has 0 saturated carbocycles. The van der Waals surface area contributed by atoms with E-state index in [1.54, 1.807) is 0 Å². The van der Waals surface area contributed by atoms with Gasteiger partial charge in [0.25, 0.3) is 0 Å². The zero-order valence-electron chi connectivity index (χ0n) is 12.3. The first-order valence-electron chi connectivity index (χ1n) is 7.32. The smallest absolute Gasteiger partial charge is 0.199 e. The molecule has 1 saturated heterocycles. The van der Waals surface area contributed by atoms with Crippen molar-refractivity contribution < 1.29 is 9.53 Å². The Bertz CT molecular complexity index is 631. The Kier molecular flexibility index (Phi) is 3.86. The Balaban J connectivity index is 2.02. The van der Waals surface area contributed by atoms with E-state index in [1.165, 1.54) is 0 Å². The number of hydrogen-bond donors (Lipinski definition) is 0. The van der Waals surface area contributed by atoms with Crippen LogP contribution in [0.2, 0.25) is 0 Å². The molecule has 0 unspecified atom stereocenters. The van der Waals surface area contributed by atoms with Gasteiger partial charge in [0.05, 0.1) is 25.8 Å². The van der Waals surface area contributed by atoms with Gasteiger partial charge < -0.3 is 4.74 Å². The number of morpholine rings is 1. The van der Waals surface area contributed by atoms with E-state index in [4.69, 9.17) is 4.74 Å². The van der Waals surface area contributed by atoms with Crippen LogP contribution in [-0.4, -0.2) is 39.1 Å². The minimum atomic E-state index is 0.0945. The first-order valence-corrected chi connectivity index (χ1v) is 7.32. The van der Waals surface area contributed by atoms with Gasteiger partial charge in [0, 0.05) is 5.56 Å². The highest BCUT2D eigenvalue weighted by atomic mass is 16.5. The molecule has 0 amide bonds. The fourth-order valence-corrected chi connectivity index (χ4v) is 2.87. The minimum Gasteiger partial charge on any atom is -0.370 e. The molecule has 3 rings (SSSR count). The normalized spacial score (nSPS) is 17.4. The number of hydrogen-bond acceptors (Lipinski definition) is 2. The molecule has 1 aliphatic rings. The summed E-state index contributed by atoms with van der Waals surface area (Å²) in [6, 6.07) is 17.4. The summed E-state index contributed by atoms with van der Waals surface area (Å²) in [7, 11) is 2.18. The van der Waals surface area contributed by atoms with Gasteiger partial charge in [-0.1, -0.05) is 42.5 Å². The Morgan fingerprint density at radius 2 is 1.57 bits per heavy atom. The first-order chi connectivity index (χ1) is 10.2. The van der Waals surface area contributed by atoms with E-state index in [0.717, 1.165) is 47.6 Å². The molecule has 0 spiro atoms. The molecule has 0 bridgehead atoms. The lowest BCUT2D eigenvalue weighted by Gasteiger charge is -2.38. The third kappa shape index (κ3) is 2.75. The topological polar surface area (TPSA) is 26.3 Å². The van der Waals surface area contributed by atoms with Crippen molar-refractivity contribution in [3.05, 3.63) is 65.7 Å². The van der Waals surface area contributed by atoms with Crippen molar-refractivity contribution in [3.8, 4) is 0 Å². The van der Waals surface area contributed by atoms with Crippen LogP contribution in [0.25, 0.3) is 0 Å². The van der Waals surface area contributed by atoms with Gasteiger partial charge in [-0.3, -0.25) is 9.28 Å². The molecule has 3 nitrogen and oxygen atoms in total. The monoisotopic (exact) mass is 282 g/mol. The molecule has 108 valence electrons. The Hall–Kier alpha value is -1.97. The molecule has 1 aliphatic heterocycles. The van der Waals surface area contributed by atoms with Crippen molar-refractivity contribution in [2.24, 2.45) is 0 Å². The fraction of sp³-hybridized carbons (Fsp3) is 0.278. The Labute approximate surface area is 125 Å². The maximum Gasteiger partial charge on any atom is 0.199 e. The third-order valence-electron chi connectivity index (χ3n) is 4.22. The second kappa shape index (κ2) is 5.80. The number of nitrogens with zero attached hydrogens (tertiary/aromatic N) is 1. The van der Waals surface area contributed by atoms with Crippen LogP contribution in [-0.2, 0) is 4.74 Å². The highest BCUT2D eigenvalue weighted by Crippen LogP contribution is 2.29. The van der Waals surface area contributed by atoms with E-state index in [1.807, 2.05) is 48.5 Å². The van der Waals surface area contributed by atoms with Gasteiger partial charge in [-0.15, -0.1) is 0 Å². The largest absolute Gasteiger partial charge is 0.370 e. The van der Waals surface area contributed by atoms with Crippen molar-refractivity contribution in [1.29, 1.82) is 0 Å². The number of benzene rings is 2. The molecule has 2 aromatic rings. The number of ether oxygens (including phenoxy) is 1. The van der Waals surface area contributed by atoms with Gasteiger partial charge in [-0.25, -0.2) is 0 Å². The molecule has 0 radical (unpaired) electrons. The van der Waals surface area contributed by atoms with Gasteiger partial charge in [0.15, 0.2) is 5.78 Å². The summed E-state index contributed by atoms with van der Waals surface area (Å²) in [5.74, 6) is 0.0945. The molecular formula is C18H20NO2+. The molecule has 2 aromatic carbocycles. The number of ketones is 1. The zero-order chi connectivity index (χ0) is 14.7. The van der Waals surface area contributed by atoms with Crippen molar-refractivity contribution >= 4 is 11.5 Å². The van der Waals surface area contributed by atoms with Crippen LogP contribution in [0.15, 0.2) is 54.6 Å². The first kappa shape index (κ1) is 14.0. The Morgan fingerprint density at radius 1 is 0.952 bits per heavy atom. The van der Waals surface area contributed by atoms with E-state index in [2.05, 4.69) is 13.1 Å². The molecule has 3 heteroatoms. The van der Waals surface area contributed by atoms with Crippen LogP contribution >= 0.6 is 0 Å². The summed E-state index contributed by atoms with van der Waals surface area (Å²) in [6.45, 7) is 3.28. The molecular weight excluding hydrogens is 262 g/mol. The van der Waals surface area contributed by atoms with Crippen LogP contribution in [0.4, 0.5) is 5.69 Å². The molecule has 21 heavy (non-hydrogen) atoms. The molecule has 1 fully saturated rings. The third-order valence-corrected chi connectivity index (χ3v) is 4.22. The SMILES string of the molecule is C[N+]1(c2ccccc2C(=O)c2ccccc2)CCOCC1. The fourth-order valence-electron chi connectivity index (χ4n) is 2.87. The summed E-state index contributed by atoms with van der Waals surface area (Å²) >= 11 is 0. The van der Waals surface area contributed by atoms with Crippen molar-refractivity contribution in [2.45, 2.75) is 0 Å². The van der Waals surface area contributed by atoms with Gasteiger partial charge in [-0.2, -0.15) is 0 Å². The van der Waals surface area contributed by atoms with Crippen LogP contribution in [0.1, 0.15) is 15.9 Å². The molecule has 0 atom stereocenters. The van der Waals surface area contributed by atoms with Gasteiger partial charge in [0.1, 0.15) is 18.8 Å². The molecule has 0 aliphatic carbocycles. The number of likely N-dealkylation sites (N-methyl/N-ethyl adjacent to an activating group) is 1. The minimum absolute atomic E-state index is 0.0945. The van der Waals surface area contributed by atoms with Crippen LogP contribution in [0, 0.1) is 0 Å². The summed E-state index contributed by atoms with van der Waals surface area (Å²) in [4.78, 5) is 12.8. The van der Waals surface area contributed by atoms with E-state index in [0.29, 0.717) is 0 Å². The second-order valence-corrected chi connectivity index (χ2v) is 5.67. The van der Waals surface area contributed by atoms with E-state index < -0.39 is 0 Å². The quantitative estimate of drug-likeness (QED) is 0.639. The lowest BCUT2D eigenvalue weighted by molar-refractivity contribution is 0.0522. The summed E-state index contributed by atoms with van der Waals surface area (Å²) in [6.07, 6.45) is 0. The number of quaternary nitrogens is 1. The number of carbonyl (C=O) groups is 1. The van der Waals surface area contributed by atoms with Crippen LogP contribution in [0.3, 0.4) is 0 Å². The predicted octanol–water partition coefficient (Wildman–Crippen LogP) is 2.88. The highest BCUT2D eigenvalue weighted by Gasteiger charge is 2.32. The molecule has 0 N–H and O–H groups in total. The second-order valence-electron chi connectivity index (χ2n) is 5.67. The number of carbonyl (C=O) groups excluding carboxylic acids is 1. The summed E-state index contributed by atoms with van der Waals surface area (Å²) in [5.41, 5.74) is 2.63. The average molecular weight is 282 g/mol.